The van der Waals surface area contributed by atoms with Gasteiger partial charge >= 0.3 is 0 Å². The summed E-state index contributed by atoms with van der Waals surface area (Å²) < 4.78 is 5.60. The summed E-state index contributed by atoms with van der Waals surface area (Å²) >= 11 is 0. The lowest BCUT2D eigenvalue weighted by atomic mass is 10.1. The molecule has 0 amide bonds. The van der Waals surface area contributed by atoms with Crippen LogP contribution >= 0.6 is 24.0 Å². The van der Waals surface area contributed by atoms with E-state index in [4.69, 9.17) is 4.42 Å². The van der Waals surface area contributed by atoms with Crippen molar-refractivity contribution < 1.29 is 4.42 Å². The average molecular weight is 442 g/mol. The van der Waals surface area contributed by atoms with E-state index in [1.807, 2.05) is 20.9 Å². The fourth-order valence-corrected chi connectivity index (χ4v) is 2.34. The third kappa shape index (κ3) is 5.51. The van der Waals surface area contributed by atoms with E-state index in [1.54, 1.807) is 0 Å². The van der Waals surface area contributed by atoms with Crippen molar-refractivity contribution in [3.8, 4) is 0 Å². The number of aryl methyl sites for hydroxylation is 3. The minimum atomic E-state index is 0. The highest BCUT2D eigenvalue weighted by atomic mass is 127. The molecule has 0 unspecified atom stereocenters. The maximum Gasteiger partial charge on any atom is 0.216 e. The standard InChI is InChI=1S/C18H26N4O.HI/c1-6-19-18(20-11-17-21-14(3)15(4)23-17)22(5)12-16-10-8-7-9-13(16)2;/h7-10H,6,11-12H2,1-5H3,(H,19,20);1H. The first-order valence-corrected chi connectivity index (χ1v) is 7.98. The monoisotopic (exact) mass is 442 g/mol. The van der Waals surface area contributed by atoms with Gasteiger partial charge in [0.25, 0.3) is 0 Å². The lowest BCUT2D eigenvalue weighted by molar-refractivity contribution is 0.457. The van der Waals surface area contributed by atoms with Crippen LogP contribution in [0.3, 0.4) is 0 Å². The van der Waals surface area contributed by atoms with Crippen LogP contribution in [0.1, 0.15) is 35.4 Å². The number of nitrogens with zero attached hydrogens (tertiary/aromatic N) is 3. The number of nitrogens with one attached hydrogen (secondary N) is 1. The second-order valence-corrected chi connectivity index (χ2v) is 5.70. The Hall–Kier alpha value is -1.57. The highest BCUT2D eigenvalue weighted by molar-refractivity contribution is 14.0. The van der Waals surface area contributed by atoms with Gasteiger partial charge in [0.15, 0.2) is 5.96 Å². The van der Waals surface area contributed by atoms with Gasteiger partial charge in [0.2, 0.25) is 5.89 Å². The van der Waals surface area contributed by atoms with E-state index in [2.05, 4.69) is 58.3 Å². The van der Waals surface area contributed by atoms with Gasteiger partial charge in [-0.25, -0.2) is 9.98 Å². The van der Waals surface area contributed by atoms with Gasteiger partial charge in [-0.2, -0.15) is 0 Å². The molecule has 0 atom stereocenters. The summed E-state index contributed by atoms with van der Waals surface area (Å²) in [5.74, 6) is 2.36. The molecular formula is C18H27IN4O. The zero-order valence-electron chi connectivity index (χ0n) is 15.1. The Morgan fingerprint density at radius 3 is 2.54 bits per heavy atom. The second kappa shape index (κ2) is 9.66. The maximum atomic E-state index is 5.60. The molecule has 0 spiro atoms. The van der Waals surface area contributed by atoms with Crippen molar-refractivity contribution >= 4 is 29.9 Å². The predicted octanol–water partition coefficient (Wildman–Crippen LogP) is 3.82. The first-order valence-electron chi connectivity index (χ1n) is 7.98. The third-order valence-corrected chi connectivity index (χ3v) is 3.80. The summed E-state index contributed by atoms with van der Waals surface area (Å²) in [6.07, 6.45) is 0. The number of aliphatic imine (C=N–C) groups is 1. The molecule has 0 saturated heterocycles. The van der Waals surface area contributed by atoms with Crippen molar-refractivity contribution in [1.82, 2.24) is 15.2 Å². The van der Waals surface area contributed by atoms with Crippen LogP contribution < -0.4 is 5.32 Å². The smallest absolute Gasteiger partial charge is 0.216 e. The summed E-state index contributed by atoms with van der Waals surface area (Å²) in [7, 11) is 2.04. The molecule has 132 valence electrons. The molecular weight excluding hydrogens is 415 g/mol. The molecule has 0 aliphatic rings. The van der Waals surface area contributed by atoms with E-state index in [1.165, 1.54) is 11.1 Å². The van der Waals surface area contributed by atoms with E-state index in [0.29, 0.717) is 12.4 Å². The van der Waals surface area contributed by atoms with E-state index < -0.39 is 0 Å². The number of guanidine groups is 1. The Morgan fingerprint density at radius 2 is 1.96 bits per heavy atom. The van der Waals surface area contributed by atoms with Crippen molar-refractivity contribution in [2.75, 3.05) is 13.6 Å². The van der Waals surface area contributed by atoms with Gasteiger partial charge in [-0.05, 0) is 38.8 Å². The summed E-state index contributed by atoms with van der Waals surface area (Å²) in [5.41, 5.74) is 3.51. The zero-order chi connectivity index (χ0) is 16.8. The number of oxazole rings is 1. The molecule has 0 saturated carbocycles. The first kappa shape index (κ1) is 20.5. The quantitative estimate of drug-likeness (QED) is 0.435. The van der Waals surface area contributed by atoms with Crippen LogP contribution in [-0.4, -0.2) is 29.4 Å². The summed E-state index contributed by atoms with van der Waals surface area (Å²) in [4.78, 5) is 11.1. The van der Waals surface area contributed by atoms with Gasteiger partial charge in [0.1, 0.15) is 12.3 Å². The number of halogens is 1. The Balaban J connectivity index is 0.00000288. The Labute approximate surface area is 161 Å². The summed E-state index contributed by atoms with van der Waals surface area (Å²) in [6.45, 7) is 10.1. The minimum Gasteiger partial charge on any atom is -0.444 e. The van der Waals surface area contributed by atoms with Crippen LogP contribution in [0.15, 0.2) is 33.7 Å². The molecule has 6 heteroatoms. The van der Waals surface area contributed by atoms with Gasteiger partial charge < -0.3 is 14.6 Å². The lowest BCUT2D eigenvalue weighted by Gasteiger charge is -2.22. The van der Waals surface area contributed by atoms with Gasteiger partial charge in [-0.3, -0.25) is 0 Å². The molecule has 2 rings (SSSR count). The van der Waals surface area contributed by atoms with Crippen LogP contribution in [0, 0.1) is 20.8 Å². The molecule has 0 radical (unpaired) electrons. The topological polar surface area (TPSA) is 53.7 Å². The highest BCUT2D eigenvalue weighted by Gasteiger charge is 2.10. The van der Waals surface area contributed by atoms with Crippen LogP contribution in [-0.2, 0) is 13.1 Å². The lowest BCUT2D eigenvalue weighted by Crippen LogP contribution is -2.38. The van der Waals surface area contributed by atoms with Crippen molar-refractivity contribution in [1.29, 1.82) is 0 Å². The van der Waals surface area contributed by atoms with Crippen LogP contribution in [0.2, 0.25) is 0 Å². The van der Waals surface area contributed by atoms with Crippen molar-refractivity contribution in [2.45, 2.75) is 40.8 Å². The van der Waals surface area contributed by atoms with Crippen LogP contribution in [0.5, 0.6) is 0 Å². The number of rotatable bonds is 5. The molecule has 1 aromatic heterocycles. The molecule has 5 nitrogen and oxygen atoms in total. The van der Waals surface area contributed by atoms with Gasteiger partial charge in [-0.1, -0.05) is 24.3 Å². The molecule has 1 aromatic carbocycles. The molecule has 2 aromatic rings. The second-order valence-electron chi connectivity index (χ2n) is 5.70. The predicted molar refractivity (Wildman–Crippen MR) is 109 cm³/mol. The molecule has 0 aliphatic carbocycles. The zero-order valence-corrected chi connectivity index (χ0v) is 17.4. The molecule has 0 bridgehead atoms. The van der Waals surface area contributed by atoms with Gasteiger partial charge in [-0.15, -0.1) is 24.0 Å². The molecule has 24 heavy (non-hydrogen) atoms. The molecule has 0 aliphatic heterocycles. The van der Waals surface area contributed by atoms with Gasteiger partial charge in [0, 0.05) is 20.1 Å². The Morgan fingerprint density at radius 1 is 1.25 bits per heavy atom. The molecule has 1 heterocycles. The Kier molecular flexibility index (Phi) is 8.24. The van der Waals surface area contributed by atoms with Crippen LogP contribution in [0.4, 0.5) is 0 Å². The number of hydrogen-bond donors (Lipinski definition) is 1. The maximum absolute atomic E-state index is 5.60. The average Bonchev–Trinajstić information content (AvgIpc) is 2.84. The number of benzene rings is 1. The van der Waals surface area contributed by atoms with Crippen LogP contribution in [0.25, 0.3) is 0 Å². The molecule has 0 fully saturated rings. The minimum absolute atomic E-state index is 0. The van der Waals surface area contributed by atoms with E-state index in [0.717, 1.165) is 30.5 Å². The third-order valence-electron chi connectivity index (χ3n) is 3.80. The first-order chi connectivity index (χ1) is 11.0. The Bertz CT molecular complexity index is 662. The summed E-state index contributed by atoms with van der Waals surface area (Å²) in [5, 5.41) is 3.32. The van der Waals surface area contributed by atoms with Crippen molar-refractivity contribution in [3.05, 3.63) is 52.7 Å². The van der Waals surface area contributed by atoms with E-state index in [-0.39, 0.29) is 24.0 Å². The summed E-state index contributed by atoms with van der Waals surface area (Å²) in [6, 6.07) is 8.41. The van der Waals surface area contributed by atoms with Crippen molar-refractivity contribution in [2.24, 2.45) is 4.99 Å². The normalized spacial score (nSPS) is 11.1. The van der Waals surface area contributed by atoms with E-state index >= 15 is 0 Å². The highest BCUT2D eigenvalue weighted by Crippen LogP contribution is 2.11. The largest absolute Gasteiger partial charge is 0.444 e. The fourth-order valence-electron chi connectivity index (χ4n) is 2.34. The van der Waals surface area contributed by atoms with Crippen molar-refractivity contribution in [3.63, 3.8) is 0 Å². The van der Waals surface area contributed by atoms with E-state index in [9.17, 15) is 0 Å². The number of aromatic nitrogens is 1. The van der Waals surface area contributed by atoms with Gasteiger partial charge in [0.05, 0.1) is 5.69 Å². The SMILES string of the molecule is CCNC(=NCc1nc(C)c(C)o1)N(C)Cc1ccccc1C.I. The molecule has 1 N–H and O–H groups in total. The number of hydrogen-bond acceptors (Lipinski definition) is 3. The fraction of sp³-hybridized carbons (Fsp3) is 0.444.